The van der Waals surface area contributed by atoms with Crippen LogP contribution in [-0.2, 0) is 0 Å². The van der Waals surface area contributed by atoms with Crippen LogP contribution in [0.1, 0.15) is 59.9 Å². The molecule has 1 rings (SSSR count). The van der Waals surface area contributed by atoms with Crippen LogP contribution in [0.25, 0.3) is 0 Å². The highest BCUT2D eigenvalue weighted by atomic mass is 15.2. The minimum absolute atomic E-state index is 0.430. The van der Waals surface area contributed by atoms with Crippen molar-refractivity contribution in [3.05, 3.63) is 12.4 Å². The molecule has 1 aromatic rings. The Morgan fingerprint density at radius 3 is 2.47 bits per heavy atom. The number of hydrogen-bond donors (Lipinski definition) is 1. The van der Waals surface area contributed by atoms with Crippen LogP contribution in [0.5, 0.6) is 0 Å². The Labute approximate surface area is 106 Å². The van der Waals surface area contributed by atoms with Crippen LogP contribution in [0.3, 0.4) is 0 Å². The standard InChI is InChI=1S/C14H27N3/c1-11(2)7-6-8-13(5)17-10-9-15-14(17)16-12(3)4/h9-13H,6-8H2,1-5H3,(H,15,16). The monoisotopic (exact) mass is 237 g/mol. The normalized spacial score (nSPS) is 13.4. The number of hydrogen-bond acceptors (Lipinski definition) is 2. The fraction of sp³-hybridized carbons (Fsp3) is 0.786. The Hall–Kier alpha value is -0.990. The van der Waals surface area contributed by atoms with Crippen molar-refractivity contribution in [2.45, 2.75) is 66.0 Å². The average molecular weight is 237 g/mol. The summed E-state index contributed by atoms with van der Waals surface area (Å²) in [6, 6.07) is 0.955. The minimum atomic E-state index is 0.430. The molecular weight excluding hydrogens is 210 g/mol. The van der Waals surface area contributed by atoms with E-state index in [1.54, 1.807) is 0 Å². The van der Waals surface area contributed by atoms with Gasteiger partial charge in [-0.05, 0) is 33.1 Å². The smallest absolute Gasteiger partial charge is 0.203 e. The molecule has 1 N–H and O–H groups in total. The minimum Gasteiger partial charge on any atom is -0.353 e. The van der Waals surface area contributed by atoms with Crippen LogP contribution in [-0.4, -0.2) is 15.6 Å². The van der Waals surface area contributed by atoms with Crippen molar-refractivity contribution >= 4 is 5.95 Å². The lowest BCUT2D eigenvalue weighted by atomic mass is 10.0. The Balaban J connectivity index is 2.50. The van der Waals surface area contributed by atoms with E-state index in [1.807, 2.05) is 6.20 Å². The van der Waals surface area contributed by atoms with Crippen LogP contribution in [0.15, 0.2) is 12.4 Å². The summed E-state index contributed by atoms with van der Waals surface area (Å²) in [6.45, 7) is 11.1. The zero-order valence-corrected chi connectivity index (χ0v) is 11.9. The summed E-state index contributed by atoms with van der Waals surface area (Å²) in [5.74, 6) is 1.80. The second kappa shape index (κ2) is 6.67. The maximum atomic E-state index is 4.37. The van der Waals surface area contributed by atoms with E-state index in [1.165, 1.54) is 19.3 Å². The van der Waals surface area contributed by atoms with Gasteiger partial charge in [-0.3, -0.25) is 0 Å². The number of anilines is 1. The van der Waals surface area contributed by atoms with E-state index in [0.29, 0.717) is 12.1 Å². The molecule has 0 saturated carbocycles. The van der Waals surface area contributed by atoms with Crippen molar-refractivity contribution in [1.82, 2.24) is 9.55 Å². The zero-order valence-electron chi connectivity index (χ0n) is 11.9. The predicted molar refractivity (Wildman–Crippen MR) is 74.4 cm³/mol. The van der Waals surface area contributed by atoms with Crippen LogP contribution in [0.2, 0.25) is 0 Å². The summed E-state index contributed by atoms with van der Waals surface area (Å²) in [5, 5.41) is 3.39. The summed E-state index contributed by atoms with van der Waals surface area (Å²) < 4.78 is 2.25. The first kappa shape index (κ1) is 14.1. The van der Waals surface area contributed by atoms with E-state index < -0.39 is 0 Å². The van der Waals surface area contributed by atoms with Gasteiger partial charge in [0, 0.05) is 24.5 Å². The van der Waals surface area contributed by atoms with Crippen molar-refractivity contribution in [2.75, 3.05) is 5.32 Å². The van der Waals surface area contributed by atoms with Gasteiger partial charge in [0.1, 0.15) is 0 Å². The number of aromatic nitrogens is 2. The SMILES string of the molecule is CC(C)CCCC(C)n1ccnc1NC(C)C. The van der Waals surface area contributed by atoms with Crippen LogP contribution >= 0.6 is 0 Å². The van der Waals surface area contributed by atoms with Crippen LogP contribution in [0, 0.1) is 5.92 Å². The second-order valence-electron chi connectivity index (χ2n) is 5.63. The molecule has 0 aliphatic carbocycles. The molecule has 0 aromatic carbocycles. The van der Waals surface area contributed by atoms with E-state index in [4.69, 9.17) is 0 Å². The lowest BCUT2D eigenvalue weighted by Crippen LogP contribution is -2.16. The summed E-state index contributed by atoms with van der Waals surface area (Å²) in [6.07, 6.45) is 7.78. The molecule has 0 bridgehead atoms. The summed E-state index contributed by atoms with van der Waals surface area (Å²) in [4.78, 5) is 4.37. The molecular formula is C14H27N3. The summed E-state index contributed by atoms with van der Waals surface area (Å²) in [7, 11) is 0. The lowest BCUT2D eigenvalue weighted by molar-refractivity contribution is 0.449. The van der Waals surface area contributed by atoms with Gasteiger partial charge >= 0.3 is 0 Å². The average Bonchev–Trinajstić information content (AvgIpc) is 2.64. The van der Waals surface area contributed by atoms with Crippen molar-refractivity contribution < 1.29 is 0 Å². The highest BCUT2D eigenvalue weighted by Gasteiger charge is 2.10. The van der Waals surface area contributed by atoms with Crippen molar-refractivity contribution in [2.24, 2.45) is 5.92 Å². The maximum Gasteiger partial charge on any atom is 0.203 e. The molecule has 0 fully saturated rings. The van der Waals surface area contributed by atoms with E-state index in [2.05, 4.69) is 55.7 Å². The second-order valence-corrected chi connectivity index (χ2v) is 5.63. The molecule has 0 amide bonds. The van der Waals surface area contributed by atoms with Crippen molar-refractivity contribution in [3.8, 4) is 0 Å². The number of imidazole rings is 1. The molecule has 17 heavy (non-hydrogen) atoms. The number of nitrogens with zero attached hydrogens (tertiary/aromatic N) is 2. The Morgan fingerprint density at radius 2 is 1.88 bits per heavy atom. The fourth-order valence-electron chi connectivity index (χ4n) is 2.00. The Kier molecular flexibility index (Phi) is 5.52. The topological polar surface area (TPSA) is 29.9 Å². The first-order chi connectivity index (χ1) is 8.00. The molecule has 1 aromatic heterocycles. The fourth-order valence-corrected chi connectivity index (χ4v) is 2.00. The molecule has 98 valence electrons. The molecule has 0 saturated heterocycles. The van der Waals surface area contributed by atoms with Gasteiger partial charge in [0.2, 0.25) is 5.95 Å². The highest BCUT2D eigenvalue weighted by Crippen LogP contribution is 2.20. The molecule has 0 aliphatic heterocycles. The molecule has 0 aliphatic rings. The summed E-state index contributed by atoms with van der Waals surface area (Å²) in [5.41, 5.74) is 0. The molecule has 1 unspecified atom stereocenters. The van der Waals surface area contributed by atoms with Gasteiger partial charge in [0.25, 0.3) is 0 Å². The molecule has 1 heterocycles. The lowest BCUT2D eigenvalue weighted by Gasteiger charge is -2.18. The van der Waals surface area contributed by atoms with E-state index in [-0.39, 0.29) is 0 Å². The van der Waals surface area contributed by atoms with E-state index >= 15 is 0 Å². The highest BCUT2D eigenvalue weighted by molar-refractivity contribution is 5.27. The molecule has 3 heteroatoms. The Bertz CT molecular complexity index is 315. The quantitative estimate of drug-likeness (QED) is 0.774. The zero-order chi connectivity index (χ0) is 12.8. The third kappa shape index (κ3) is 4.80. The first-order valence-electron chi connectivity index (χ1n) is 6.80. The molecule has 1 atom stereocenters. The van der Waals surface area contributed by atoms with Gasteiger partial charge in [-0.2, -0.15) is 0 Å². The van der Waals surface area contributed by atoms with Crippen LogP contribution in [0.4, 0.5) is 5.95 Å². The van der Waals surface area contributed by atoms with Gasteiger partial charge in [0.15, 0.2) is 0 Å². The molecule has 0 spiro atoms. The van der Waals surface area contributed by atoms with Gasteiger partial charge in [0.05, 0.1) is 0 Å². The number of rotatable bonds is 7. The largest absolute Gasteiger partial charge is 0.353 e. The first-order valence-corrected chi connectivity index (χ1v) is 6.80. The predicted octanol–water partition coefficient (Wildman–Crippen LogP) is 4.09. The summed E-state index contributed by atoms with van der Waals surface area (Å²) >= 11 is 0. The molecule has 3 nitrogen and oxygen atoms in total. The van der Waals surface area contributed by atoms with Gasteiger partial charge < -0.3 is 9.88 Å². The van der Waals surface area contributed by atoms with Gasteiger partial charge in [-0.25, -0.2) is 4.98 Å². The third-order valence-corrected chi connectivity index (χ3v) is 2.96. The Morgan fingerprint density at radius 1 is 1.18 bits per heavy atom. The van der Waals surface area contributed by atoms with Gasteiger partial charge in [-0.15, -0.1) is 0 Å². The maximum absolute atomic E-state index is 4.37. The number of nitrogens with one attached hydrogen (secondary N) is 1. The molecule has 0 radical (unpaired) electrons. The van der Waals surface area contributed by atoms with Crippen molar-refractivity contribution in [1.29, 1.82) is 0 Å². The van der Waals surface area contributed by atoms with Crippen LogP contribution < -0.4 is 5.32 Å². The van der Waals surface area contributed by atoms with E-state index in [9.17, 15) is 0 Å². The van der Waals surface area contributed by atoms with Crippen molar-refractivity contribution in [3.63, 3.8) is 0 Å². The van der Waals surface area contributed by atoms with E-state index in [0.717, 1.165) is 11.9 Å². The third-order valence-electron chi connectivity index (χ3n) is 2.96. The van der Waals surface area contributed by atoms with Gasteiger partial charge in [-0.1, -0.05) is 26.7 Å².